The molecule has 1 aliphatic rings. The minimum absolute atomic E-state index is 0.0700. The van der Waals surface area contributed by atoms with Gasteiger partial charge in [-0.1, -0.05) is 37.6 Å². The lowest BCUT2D eigenvalue weighted by atomic mass is 9.94. The van der Waals surface area contributed by atoms with Gasteiger partial charge in [-0.25, -0.2) is 9.37 Å². The normalized spacial score (nSPS) is 16.1. The summed E-state index contributed by atoms with van der Waals surface area (Å²) in [5.74, 6) is 0.0829. The highest BCUT2D eigenvalue weighted by Crippen LogP contribution is 2.43. The summed E-state index contributed by atoms with van der Waals surface area (Å²) in [6.45, 7) is 1.61. The number of hydrogen-bond acceptors (Lipinski definition) is 6. The number of carbonyl (C=O) groups is 1. The summed E-state index contributed by atoms with van der Waals surface area (Å²) in [4.78, 5) is 21.7. The number of aromatic nitrogens is 2. The molecule has 0 fully saturated rings. The maximum absolute atomic E-state index is 13.2. The third-order valence-corrected chi connectivity index (χ3v) is 7.78. The average Bonchev–Trinajstić information content (AvgIpc) is 3.29. The predicted octanol–water partition coefficient (Wildman–Crippen LogP) is 4.21. The first-order valence-corrected chi connectivity index (χ1v) is 13.5. The van der Waals surface area contributed by atoms with Gasteiger partial charge < -0.3 is 15.0 Å². The fourth-order valence-corrected chi connectivity index (χ4v) is 6.06. The van der Waals surface area contributed by atoms with Crippen LogP contribution in [0.25, 0.3) is 22.4 Å². The molecule has 2 aromatic heterocycles. The lowest BCUT2D eigenvalue weighted by Gasteiger charge is -2.26. The molecule has 0 bridgehead atoms. The van der Waals surface area contributed by atoms with Crippen molar-refractivity contribution >= 4 is 17.3 Å². The second kappa shape index (κ2) is 12.4. The van der Waals surface area contributed by atoms with Crippen molar-refractivity contribution in [1.82, 2.24) is 19.6 Å². The van der Waals surface area contributed by atoms with E-state index in [0.717, 1.165) is 40.7 Å². The average molecular weight is 511 g/mol. The molecule has 1 amide bonds. The number of pyridine rings is 2. The molecule has 3 heterocycles. The Bertz CT molecular complexity index is 1180. The van der Waals surface area contributed by atoms with Gasteiger partial charge in [0.2, 0.25) is 0 Å². The number of nitrogens with zero attached hydrogens (tertiary/aromatic N) is 3. The SMILES string of the molecule is CCCC[S+]([O-])N1Cc2cc(C(=O)NCCF)nc(-c3cccc(-c4cccnc4)c3)c2[C@H]1CCO. The number of unbranched alkanes of at least 4 members (excludes halogenated alkanes) is 1. The van der Waals surface area contributed by atoms with E-state index in [9.17, 15) is 18.8 Å². The summed E-state index contributed by atoms with van der Waals surface area (Å²) >= 11 is -1.24. The smallest absolute Gasteiger partial charge is 0.270 e. The van der Waals surface area contributed by atoms with Gasteiger partial charge in [-0.15, -0.1) is 4.31 Å². The fourth-order valence-electron chi connectivity index (χ4n) is 4.51. The summed E-state index contributed by atoms with van der Waals surface area (Å²) in [6, 6.07) is 13.1. The number of benzene rings is 1. The van der Waals surface area contributed by atoms with Crippen molar-refractivity contribution in [3.63, 3.8) is 0 Å². The highest BCUT2D eigenvalue weighted by atomic mass is 32.2. The second-order valence-electron chi connectivity index (χ2n) is 8.68. The van der Waals surface area contributed by atoms with E-state index < -0.39 is 23.9 Å². The minimum atomic E-state index is -1.24. The molecule has 2 N–H and O–H groups in total. The van der Waals surface area contributed by atoms with Crippen LogP contribution in [0.5, 0.6) is 0 Å². The number of amides is 1. The Morgan fingerprint density at radius 2 is 2.06 bits per heavy atom. The minimum Gasteiger partial charge on any atom is -0.598 e. The molecule has 2 atom stereocenters. The number of halogens is 1. The molecule has 0 spiro atoms. The fraction of sp³-hybridized carbons (Fsp3) is 0.370. The number of hydrogen-bond donors (Lipinski definition) is 2. The number of rotatable bonds is 11. The number of carbonyl (C=O) groups excluding carboxylic acids is 1. The highest BCUT2D eigenvalue weighted by Gasteiger charge is 2.40. The third-order valence-electron chi connectivity index (χ3n) is 6.23. The summed E-state index contributed by atoms with van der Waals surface area (Å²) in [5.41, 5.74) is 5.21. The Hall–Kier alpha value is -2.85. The van der Waals surface area contributed by atoms with Crippen molar-refractivity contribution in [1.29, 1.82) is 0 Å². The summed E-state index contributed by atoms with van der Waals surface area (Å²) < 4.78 is 27.8. The molecule has 4 rings (SSSR count). The van der Waals surface area contributed by atoms with Gasteiger partial charge in [0.15, 0.2) is 0 Å². The zero-order valence-corrected chi connectivity index (χ0v) is 21.1. The Morgan fingerprint density at radius 1 is 1.25 bits per heavy atom. The molecule has 0 saturated carbocycles. The van der Waals surface area contributed by atoms with Gasteiger partial charge in [0.1, 0.15) is 18.1 Å². The van der Waals surface area contributed by atoms with Crippen LogP contribution in [0.2, 0.25) is 0 Å². The van der Waals surface area contributed by atoms with Gasteiger partial charge in [-0.05, 0) is 42.2 Å². The van der Waals surface area contributed by atoms with Crippen molar-refractivity contribution < 1.29 is 18.8 Å². The molecule has 1 aromatic carbocycles. The Morgan fingerprint density at radius 3 is 2.78 bits per heavy atom. The van der Waals surface area contributed by atoms with Crippen molar-refractivity contribution in [3.8, 4) is 22.4 Å². The topological polar surface area (TPSA) is 101 Å². The summed E-state index contributed by atoms with van der Waals surface area (Å²) in [7, 11) is 0. The van der Waals surface area contributed by atoms with Gasteiger partial charge >= 0.3 is 0 Å². The van der Waals surface area contributed by atoms with E-state index in [4.69, 9.17) is 4.98 Å². The van der Waals surface area contributed by atoms with Crippen molar-refractivity contribution in [2.24, 2.45) is 0 Å². The van der Waals surface area contributed by atoms with E-state index in [2.05, 4.69) is 17.2 Å². The zero-order chi connectivity index (χ0) is 25.5. The number of aliphatic hydroxyl groups is 1. The lowest BCUT2D eigenvalue weighted by molar-refractivity contribution is 0.0946. The monoisotopic (exact) mass is 510 g/mol. The maximum Gasteiger partial charge on any atom is 0.270 e. The number of alkyl halides is 1. The molecule has 0 saturated heterocycles. The molecule has 0 radical (unpaired) electrons. The highest BCUT2D eigenvalue weighted by molar-refractivity contribution is 7.89. The molecule has 3 aromatic rings. The van der Waals surface area contributed by atoms with Gasteiger partial charge in [0.05, 0.1) is 18.3 Å². The van der Waals surface area contributed by atoms with Gasteiger partial charge in [-0.2, -0.15) is 0 Å². The first-order valence-electron chi connectivity index (χ1n) is 12.2. The molecule has 7 nitrogen and oxygen atoms in total. The van der Waals surface area contributed by atoms with Crippen LogP contribution in [0.1, 0.15) is 53.8 Å². The van der Waals surface area contributed by atoms with Crippen molar-refractivity contribution in [2.75, 3.05) is 25.6 Å². The molecule has 9 heteroatoms. The summed E-state index contributed by atoms with van der Waals surface area (Å²) in [5, 5.41) is 12.4. The standard InChI is InChI=1S/C27H31FN4O3S/c1-2-3-14-36(35)32-18-22-16-23(27(34)30-12-10-28)31-26(25(22)24(32)9-13-33)20-7-4-6-19(15-20)21-8-5-11-29-17-21/h4-8,11,15-17,24,33H,2-3,9-10,12-14,18H2,1H3,(H,30,34)/t24-,36?/m1/s1. The van der Waals surface area contributed by atoms with Crippen LogP contribution >= 0.6 is 0 Å². The molecular weight excluding hydrogens is 479 g/mol. The largest absolute Gasteiger partial charge is 0.598 e. The van der Waals surface area contributed by atoms with Crippen LogP contribution in [0.3, 0.4) is 0 Å². The van der Waals surface area contributed by atoms with Crippen molar-refractivity contribution in [3.05, 3.63) is 71.7 Å². The van der Waals surface area contributed by atoms with Crippen molar-refractivity contribution in [2.45, 2.75) is 38.8 Å². The molecule has 1 unspecified atom stereocenters. The predicted molar refractivity (Wildman–Crippen MR) is 139 cm³/mol. The number of nitrogens with one attached hydrogen (secondary N) is 1. The Labute approximate surface area is 214 Å². The van der Waals surface area contributed by atoms with Crippen LogP contribution in [0.15, 0.2) is 54.9 Å². The van der Waals surface area contributed by atoms with Crippen LogP contribution in [0.4, 0.5) is 4.39 Å². The molecule has 1 aliphatic heterocycles. The lowest BCUT2D eigenvalue weighted by Crippen LogP contribution is -2.32. The van der Waals surface area contributed by atoms with Gasteiger partial charge in [0.25, 0.3) is 5.91 Å². The van der Waals surface area contributed by atoms with E-state index in [1.54, 1.807) is 18.5 Å². The van der Waals surface area contributed by atoms with E-state index >= 15 is 0 Å². The van der Waals surface area contributed by atoms with E-state index in [-0.39, 0.29) is 24.9 Å². The first kappa shape index (κ1) is 26.2. The van der Waals surface area contributed by atoms with Crippen LogP contribution in [0, 0.1) is 0 Å². The number of aliphatic hydroxyl groups excluding tert-OH is 1. The first-order chi connectivity index (χ1) is 17.6. The molecule has 36 heavy (non-hydrogen) atoms. The van der Waals surface area contributed by atoms with Crippen LogP contribution < -0.4 is 5.32 Å². The van der Waals surface area contributed by atoms with E-state index in [0.29, 0.717) is 24.4 Å². The summed E-state index contributed by atoms with van der Waals surface area (Å²) in [6.07, 6.45) is 5.67. The van der Waals surface area contributed by atoms with E-state index in [1.807, 2.05) is 40.7 Å². The van der Waals surface area contributed by atoms with E-state index in [1.165, 1.54) is 0 Å². The molecular formula is C27H31FN4O3S. The Kier molecular flexibility index (Phi) is 9.03. The molecule has 190 valence electrons. The maximum atomic E-state index is 13.2. The second-order valence-corrected chi connectivity index (χ2v) is 10.2. The van der Waals surface area contributed by atoms with Crippen LogP contribution in [-0.4, -0.2) is 55.4 Å². The van der Waals surface area contributed by atoms with Gasteiger partial charge in [-0.3, -0.25) is 9.78 Å². The third kappa shape index (κ3) is 5.75. The number of fused-ring (bicyclic) bond motifs is 1. The zero-order valence-electron chi connectivity index (χ0n) is 20.3. The Balaban J connectivity index is 1.83. The van der Waals surface area contributed by atoms with Gasteiger partial charge in [0, 0.05) is 53.6 Å². The quantitative estimate of drug-likeness (QED) is 0.375. The van der Waals surface area contributed by atoms with Crippen LogP contribution in [-0.2, 0) is 17.9 Å². The molecule has 0 aliphatic carbocycles.